The molecule has 0 aliphatic carbocycles. The Kier molecular flexibility index (Phi) is 2.31. The fourth-order valence-corrected chi connectivity index (χ4v) is 1.32. The predicted molar refractivity (Wildman–Crippen MR) is 48.0 cm³/mol. The van der Waals surface area contributed by atoms with Gasteiger partial charge in [-0.3, -0.25) is 4.79 Å². The number of hydrogen-bond donors (Lipinski definition) is 0. The quantitative estimate of drug-likeness (QED) is 0.632. The lowest BCUT2D eigenvalue weighted by Gasteiger charge is -2.26. The predicted octanol–water partition coefficient (Wildman–Crippen LogP) is 0.476. The van der Waals surface area contributed by atoms with Gasteiger partial charge in [0.2, 0.25) is 0 Å². The van der Waals surface area contributed by atoms with Crippen LogP contribution in [0.25, 0.3) is 0 Å². The lowest BCUT2D eigenvalue weighted by molar-refractivity contribution is 0.120. The molecule has 0 spiro atoms. The van der Waals surface area contributed by atoms with Crippen LogP contribution in [0.15, 0.2) is 27.6 Å². The van der Waals surface area contributed by atoms with Crippen LogP contribution in [-0.4, -0.2) is 26.3 Å². The van der Waals surface area contributed by atoms with Gasteiger partial charge in [-0.15, -0.1) is 0 Å². The van der Waals surface area contributed by atoms with E-state index in [1.54, 1.807) is 0 Å². The first-order chi connectivity index (χ1) is 6.36. The molecule has 1 aromatic heterocycles. The molecule has 2 heterocycles. The van der Waals surface area contributed by atoms with Crippen LogP contribution in [0.5, 0.6) is 0 Å². The third kappa shape index (κ3) is 1.89. The minimum absolute atomic E-state index is 0.0206. The molecule has 4 nitrogen and oxygen atoms in total. The van der Waals surface area contributed by atoms with E-state index >= 15 is 0 Å². The average molecular weight is 181 g/mol. The number of hydrogen-bond acceptors (Lipinski definition) is 4. The summed E-state index contributed by atoms with van der Waals surface area (Å²) in [7, 11) is 0. The maximum absolute atomic E-state index is 11.0. The van der Waals surface area contributed by atoms with Gasteiger partial charge in [-0.2, -0.15) is 0 Å². The summed E-state index contributed by atoms with van der Waals surface area (Å²) in [6, 6.07) is 2.91. The summed E-state index contributed by atoms with van der Waals surface area (Å²) in [4.78, 5) is 13.0. The first-order valence-corrected chi connectivity index (χ1v) is 4.28. The molecule has 0 N–H and O–H groups in total. The van der Waals surface area contributed by atoms with E-state index in [4.69, 9.17) is 9.15 Å². The molecular formula is C9H11NO3. The molecule has 0 atom stereocenters. The molecule has 0 bridgehead atoms. The Bertz CT molecular complexity index is 328. The lowest BCUT2D eigenvalue weighted by Crippen LogP contribution is -2.36. The zero-order valence-electron chi connectivity index (χ0n) is 7.23. The largest absolute Gasteiger partial charge is 0.449 e. The Labute approximate surface area is 75.7 Å². The Morgan fingerprint density at radius 3 is 2.77 bits per heavy atom. The van der Waals surface area contributed by atoms with Gasteiger partial charge in [0, 0.05) is 25.2 Å². The number of anilines is 1. The van der Waals surface area contributed by atoms with Crippen LogP contribution in [0.1, 0.15) is 0 Å². The van der Waals surface area contributed by atoms with Crippen molar-refractivity contribution in [3.63, 3.8) is 0 Å². The van der Waals surface area contributed by atoms with Crippen molar-refractivity contribution in [1.82, 2.24) is 0 Å². The highest BCUT2D eigenvalue weighted by molar-refractivity contribution is 5.34. The fourth-order valence-electron chi connectivity index (χ4n) is 1.32. The van der Waals surface area contributed by atoms with Crippen molar-refractivity contribution in [3.05, 3.63) is 28.6 Å². The van der Waals surface area contributed by atoms with Crippen molar-refractivity contribution in [2.45, 2.75) is 0 Å². The van der Waals surface area contributed by atoms with Gasteiger partial charge in [0.05, 0.1) is 19.5 Å². The van der Waals surface area contributed by atoms with Crippen molar-refractivity contribution < 1.29 is 9.15 Å². The second-order valence-electron chi connectivity index (χ2n) is 2.90. The van der Waals surface area contributed by atoms with E-state index in [2.05, 4.69) is 0 Å². The number of ether oxygens (including phenoxy) is 1. The summed E-state index contributed by atoms with van der Waals surface area (Å²) < 4.78 is 10.4. The summed E-state index contributed by atoms with van der Waals surface area (Å²) in [5, 5.41) is 0. The number of nitrogens with zero attached hydrogens (tertiary/aromatic N) is 1. The van der Waals surface area contributed by atoms with Crippen molar-refractivity contribution in [2.75, 3.05) is 31.2 Å². The van der Waals surface area contributed by atoms with Crippen LogP contribution in [-0.2, 0) is 4.74 Å². The number of morpholine rings is 1. The van der Waals surface area contributed by atoms with Gasteiger partial charge in [0.25, 0.3) is 0 Å². The molecule has 1 aliphatic heterocycles. The molecule has 1 aliphatic rings. The molecule has 0 radical (unpaired) electrons. The molecule has 13 heavy (non-hydrogen) atoms. The topological polar surface area (TPSA) is 42.7 Å². The molecule has 0 unspecified atom stereocenters. The van der Waals surface area contributed by atoms with Crippen molar-refractivity contribution in [3.8, 4) is 0 Å². The second kappa shape index (κ2) is 3.62. The van der Waals surface area contributed by atoms with E-state index in [0.29, 0.717) is 19.1 Å². The molecule has 1 saturated heterocycles. The van der Waals surface area contributed by atoms with E-state index in [9.17, 15) is 4.79 Å². The monoisotopic (exact) mass is 181 g/mol. The molecule has 0 amide bonds. The normalized spacial score (nSPS) is 17.4. The van der Waals surface area contributed by atoms with Gasteiger partial charge in [-0.1, -0.05) is 0 Å². The maximum Gasteiger partial charge on any atom is 0.199 e. The lowest BCUT2D eigenvalue weighted by atomic mass is 10.4. The van der Waals surface area contributed by atoms with Gasteiger partial charge in [0.15, 0.2) is 11.3 Å². The smallest absolute Gasteiger partial charge is 0.199 e. The average Bonchev–Trinajstić information content (AvgIpc) is 2.19. The molecule has 4 heteroatoms. The standard InChI is InChI=1S/C9H11NO3/c11-8-1-4-13-9(7-8)10-2-5-12-6-3-10/h1,4,7H,2-3,5-6H2. The summed E-state index contributed by atoms with van der Waals surface area (Å²) in [5.41, 5.74) is -0.0206. The van der Waals surface area contributed by atoms with Crippen molar-refractivity contribution >= 4 is 5.88 Å². The van der Waals surface area contributed by atoms with Gasteiger partial charge in [-0.05, 0) is 0 Å². The highest BCUT2D eigenvalue weighted by Crippen LogP contribution is 2.11. The first kappa shape index (κ1) is 8.31. The Balaban J connectivity index is 2.19. The van der Waals surface area contributed by atoms with Crippen molar-refractivity contribution in [2.24, 2.45) is 0 Å². The summed E-state index contributed by atoms with van der Waals surface area (Å²) in [5.74, 6) is 0.635. The van der Waals surface area contributed by atoms with Gasteiger partial charge >= 0.3 is 0 Å². The highest BCUT2D eigenvalue weighted by Gasteiger charge is 2.12. The van der Waals surface area contributed by atoms with Crippen LogP contribution in [0.3, 0.4) is 0 Å². The SMILES string of the molecule is O=c1ccoc(N2CCOCC2)c1. The van der Waals surface area contributed by atoms with E-state index in [1.807, 2.05) is 4.90 Å². The zero-order valence-corrected chi connectivity index (χ0v) is 7.23. The minimum Gasteiger partial charge on any atom is -0.449 e. The Morgan fingerprint density at radius 1 is 1.31 bits per heavy atom. The summed E-state index contributed by atoms with van der Waals surface area (Å²) in [6.45, 7) is 2.96. The van der Waals surface area contributed by atoms with Crippen LogP contribution < -0.4 is 10.3 Å². The molecule has 1 fully saturated rings. The first-order valence-electron chi connectivity index (χ1n) is 4.28. The van der Waals surface area contributed by atoms with Crippen LogP contribution in [0.2, 0.25) is 0 Å². The van der Waals surface area contributed by atoms with Crippen LogP contribution >= 0.6 is 0 Å². The van der Waals surface area contributed by atoms with Gasteiger partial charge < -0.3 is 14.1 Å². The Morgan fingerprint density at radius 2 is 2.08 bits per heavy atom. The van der Waals surface area contributed by atoms with E-state index < -0.39 is 0 Å². The molecule has 1 aromatic rings. The number of rotatable bonds is 1. The molecule has 0 saturated carbocycles. The van der Waals surface area contributed by atoms with E-state index in [0.717, 1.165) is 13.1 Å². The van der Waals surface area contributed by atoms with Gasteiger partial charge in [-0.25, -0.2) is 0 Å². The molecule has 2 rings (SSSR count). The molecule has 70 valence electrons. The van der Waals surface area contributed by atoms with E-state index in [-0.39, 0.29) is 5.43 Å². The maximum atomic E-state index is 11.0. The van der Waals surface area contributed by atoms with Crippen LogP contribution in [0, 0.1) is 0 Å². The van der Waals surface area contributed by atoms with Crippen LogP contribution in [0.4, 0.5) is 5.88 Å². The third-order valence-electron chi connectivity index (χ3n) is 2.01. The molecular weight excluding hydrogens is 170 g/mol. The van der Waals surface area contributed by atoms with Crippen molar-refractivity contribution in [1.29, 1.82) is 0 Å². The Hall–Kier alpha value is -1.29. The fraction of sp³-hybridized carbons (Fsp3) is 0.444. The summed E-state index contributed by atoms with van der Waals surface area (Å²) in [6.07, 6.45) is 1.42. The minimum atomic E-state index is -0.0206. The zero-order chi connectivity index (χ0) is 9.10. The second-order valence-corrected chi connectivity index (χ2v) is 2.90. The molecule has 0 aromatic carbocycles. The van der Waals surface area contributed by atoms with E-state index in [1.165, 1.54) is 18.4 Å². The highest BCUT2D eigenvalue weighted by atomic mass is 16.5. The summed E-state index contributed by atoms with van der Waals surface area (Å²) >= 11 is 0. The third-order valence-corrected chi connectivity index (χ3v) is 2.01. The van der Waals surface area contributed by atoms with Gasteiger partial charge in [0.1, 0.15) is 0 Å².